The zero-order chi connectivity index (χ0) is 9.73. The third-order valence-electron chi connectivity index (χ3n) is 2.51. The number of cyclic esters (lactones) is 1. The molecule has 3 heteroatoms. The summed E-state index contributed by atoms with van der Waals surface area (Å²) in [6.45, 7) is 4.77. The summed E-state index contributed by atoms with van der Waals surface area (Å²) in [4.78, 5) is 10.8. The molecule has 1 fully saturated rings. The lowest BCUT2D eigenvalue weighted by molar-refractivity contribution is 0.172. The molecule has 0 spiro atoms. The summed E-state index contributed by atoms with van der Waals surface area (Å²) >= 11 is 0. The Morgan fingerprint density at radius 3 is 2.77 bits per heavy atom. The zero-order valence-corrected chi connectivity index (χ0v) is 8.56. The first-order valence-corrected chi connectivity index (χ1v) is 5.11. The van der Waals surface area contributed by atoms with Crippen LogP contribution in [-0.4, -0.2) is 18.2 Å². The van der Waals surface area contributed by atoms with Crippen molar-refractivity contribution in [2.24, 2.45) is 0 Å². The van der Waals surface area contributed by atoms with Crippen molar-refractivity contribution in [2.75, 3.05) is 6.61 Å². The molecule has 0 saturated carbocycles. The Hall–Kier alpha value is -0.730. The molecule has 1 heterocycles. The predicted octanol–water partition coefficient (Wildman–Crippen LogP) is 2.46. The molecule has 1 saturated heterocycles. The molecule has 1 aliphatic heterocycles. The number of hydrogen-bond acceptors (Lipinski definition) is 2. The second-order valence-corrected chi connectivity index (χ2v) is 4.07. The largest absolute Gasteiger partial charge is 0.447 e. The predicted molar refractivity (Wildman–Crippen MR) is 51.6 cm³/mol. The van der Waals surface area contributed by atoms with Gasteiger partial charge >= 0.3 is 6.09 Å². The average Bonchev–Trinajstić information content (AvgIpc) is 2.41. The van der Waals surface area contributed by atoms with E-state index < -0.39 is 0 Å². The van der Waals surface area contributed by atoms with Gasteiger partial charge < -0.3 is 10.1 Å². The van der Waals surface area contributed by atoms with Crippen LogP contribution in [0.4, 0.5) is 4.79 Å². The number of ether oxygens (including phenoxy) is 1. The summed E-state index contributed by atoms with van der Waals surface area (Å²) in [5.41, 5.74) is -0.106. The van der Waals surface area contributed by atoms with Gasteiger partial charge in [0, 0.05) is 0 Å². The van der Waals surface area contributed by atoms with Crippen LogP contribution < -0.4 is 5.32 Å². The minimum absolute atomic E-state index is 0.106. The molecule has 76 valence electrons. The van der Waals surface area contributed by atoms with Crippen molar-refractivity contribution in [2.45, 2.75) is 51.5 Å². The van der Waals surface area contributed by atoms with Gasteiger partial charge in [-0.3, -0.25) is 0 Å². The minimum atomic E-state index is -0.266. The molecule has 1 amide bonds. The van der Waals surface area contributed by atoms with Crippen LogP contribution in [0.1, 0.15) is 46.0 Å². The summed E-state index contributed by atoms with van der Waals surface area (Å²) in [5.74, 6) is 0. The highest BCUT2D eigenvalue weighted by Crippen LogP contribution is 2.19. The Morgan fingerprint density at radius 1 is 1.46 bits per heavy atom. The first-order valence-electron chi connectivity index (χ1n) is 5.11. The van der Waals surface area contributed by atoms with Gasteiger partial charge in [0.25, 0.3) is 0 Å². The van der Waals surface area contributed by atoms with Crippen molar-refractivity contribution in [3.05, 3.63) is 0 Å². The maximum absolute atomic E-state index is 10.8. The van der Waals surface area contributed by atoms with E-state index in [2.05, 4.69) is 12.2 Å². The minimum Gasteiger partial charge on any atom is -0.447 e. The Balaban J connectivity index is 2.16. The molecule has 1 unspecified atom stereocenters. The zero-order valence-electron chi connectivity index (χ0n) is 8.56. The van der Waals surface area contributed by atoms with Crippen LogP contribution in [0, 0.1) is 0 Å². The Morgan fingerprint density at radius 2 is 2.23 bits per heavy atom. The maximum atomic E-state index is 10.8. The topological polar surface area (TPSA) is 38.3 Å². The first kappa shape index (κ1) is 10.4. The van der Waals surface area contributed by atoms with Gasteiger partial charge in [0.2, 0.25) is 0 Å². The van der Waals surface area contributed by atoms with Crippen molar-refractivity contribution in [3.8, 4) is 0 Å². The fourth-order valence-corrected chi connectivity index (χ4v) is 1.62. The number of rotatable bonds is 5. The van der Waals surface area contributed by atoms with Crippen molar-refractivity contribution < 1.29 is 9.53 Å². The van der Waals surface area contributed by atoms with E-state index >= 15 is 0 Å². The van der Waals surface area contributed by atoms with E-state index in [1.807, 2.05) is 6.92 Å². The summed E-state index contributed by atoms with van der Waals surface area (Å²) in [6, 6.07) is 0. The van der Waals surface area contributed by atoms with Gasteiger partial charge in [0.15, 0.2) is 0 Å². The molecule has 0 aromatic heterocycles. The lowest BCUT2D eigenvalue weighted by Gasteiger charge is -2.20. The summed E-state index contributed by atoms with van der Waals surface area (Å²) in [6.07, 6.45) is 5.72. The monoisotopic (exact) mass is 185 g/mol. The van der Waals surface area contributed by atoms with E-state index in [-0.39, 0.29) is 11.6 Å². The van der Waals surface area contributed by atoms with Crippen molar-refractivity contribution in [1.29, 1.82) is 0 Å². The van der Waals surface area contributed by atoms with Gasteiger partial charge in [-0.05, 0) is 13.3 Å². The molecule has 1 rings (SSSR count). The highest BCUT2D eigenvalue weighted by Gasteiger charge is 2.33. The smallest absolute Gasteiger partial charge is 0.407 e. The summed E-state index contributed by atoms with van der Waals surface area (Å²) in [7, 11) is 0. The number of carbonyl (C=O) groups excluding carboxylic acids is 1. The van der Waals surface area contributed by atoms with Gasteiger partial charge in [-0.25, -0.2) is 4.79 Å². The second-order valence-electron chi connectivity index (χ2n) is 4.07. The molecule has 3 nitrogen and oxygen atoms in total. The van der Waals surface area contributed by atoms with Crippen LogP contribution in [0.15, 0.2) is 0 Å². The van der Waals surface area contributed by atoms with E-state index in [4.69, 9.17) is 4.74 Å². The lowest BCUT2D eigenvalue weighted by Crippen LogP contribution is -2.39. The average molecular weight is 185 g/mol. The van der Waals surface area contributed by atoms with Gasteiger partial charge in [0.1, 0.15) is 6.61 Å². The normalized spacial score (nSPS) is 27.1. The molecule has 13 heavy (non-hydrogen) atoms. The maximum Gasteiger partial charge on any atom is 0.407 e. The fraction of sp³-hybridized carbons (Fsp3) is 0.900. The molecule has 0 bridgehead atoms. The number of alkyl carbamates (subject to hydrolysis) is 1. The van der Waals surface area contributed by atoms with Crippen LogP contribution in [0.2, 0.25) is 0 Å². The molecule has 0 radical (unpaired) electrons. The highest BCUT2D eigenvalue weighted by molar-refractivity contribution is 5.70. The summed E-state index contributed by atoms with van der Waals surface area (Å²) in [5, 5.41) is 2.85. The fourth-order valence-electron chi connectivity index (χ4n) is 1.62. The lowest BCUT2D eigenvalue weighted by atomic mass is 9.96. The molecule has 0 aliphatic carbocycles. The van der Waals surface area contributed by atoms with Crippen molar-refractivity contribution in [1.82, 2.24) is 5.32 Å². The Kier molecular flexibility index (Phi) is 3.58. The third-order valence-corrected chi connectivity index (χ3v) is 2.51. The van der Waals surface area contributed by atoms with E-state index in [0.717, 1.165) is 6.42 Å². The van der Waals surface area contributed by atoms with Crippen LogP contribution >= 0.6 is 0 Å². The Labute approximate surface area is 79.8 Å². The van der Waals surface area contributed by atoms with Gasteiger partial charge in [-0.15, -0.1) is 0 Å². The number of nitrogens with one attached hydrogen (secondary N) is 1. The molecule has 1 aliphatic rings. The number of hydrogen-bond donors (Lipinski definition) is 1. The van der Waals surface area contributed by atoms with Crippen LogP contribution in [-0.2, 0) is 4.74 Å². The molecule has 0 aromatic carbocycles. The van der Waals surface area contributed by atoms with E-state index in [9.17, 15) is 4.79 Å². The van der Waals surface area contributed by atoms with E-state index in [0.29, 0.717) is 6.61 Å². The molecule has 1 atom stereocenters. The Bertz CT molecular complexity index is 182. The highest BCUT2D eigenvalue weighted by atomic mass is 16.6. The summed E-state index contributed by atoms with van der Waals surface area (Å²) < 4.78 is 4.88. The van der Waals surface area contributed by atoms with Crippen LogP contribution in [0.3, 0.4) is 0 Å². The third kappa shape index (κ3) is 3.25. The number of carbonyl (C=O) groups is 1. The number of unbranched alkanes of at least 4 members (excludes halogenated alkanes) is 3. The molecular weight excluding hydrogens is 166 g/mol. The molecular formula is C10H19NO2. The first-order chi connectivity index (χ1) is 6.16. The molecule has 1 N–H and O–H groups in total. The van der Waals surface area contributed by atoms with Crippen molar-refractivity contribution in [3.63, 3.8) is 0 Å². The second kappa shape index (κ2) is 4.49. The standard InChI is InChI=1S/C10H19NO2/c1-3-4-5-6-7-10(2)8-13-9(12)11-10/h3-8H2,1-2H3,(H,11,12). The van der Waals surface area contributed by atoms with Crippen LogP contribution in [0.25, 0.3) is 0 Å². The van der Waals surface area contributed by atoms with Gasteiger partial charge in [0.05, 0.1) is 5.54 Å². The van der Waals surface area contributed by atoms with Crippen molar-refractivity contribution >= 4 is 6.09 Å². The van der Waals surface area contributed by atoms with Gasteiger partial charge in [-0.2, -0.15) is 0 Å². The number of amides is 1. The van der Waals surface area contributed by atoms with Crippen LogP contribution in [0.5, 0.6) is 0 Å². The SMILES string of the molecule is CCCCCCC1(C)COC(=O)N1. The quantitative estimate of drug-likeness (QED) is 0.668. The van der Waals surface area contributed by atoms with E-state index in [1.54, 1.807) is 0 Å². The van der Waals surface area contributed by atoms with E-state index in [1.165, 1.54) is 25.7 Å². The molecule has 0 aromatic rings. The van der Waals surface area contributed by atoms with Gasteiger partial charge in [-0.1, -0.05) is 32.6 Å².